The highest BCUT2D eigenvalue weighted by Gasteiger charge is 2.43. The minimum atomic E-state index is -2.72. The van der Waals surface area contributed by atoms with Gasteiger partial charge in [0.1, 0.15) is 0 Å². The molecule has 0 saturated carbocycles. The number of rotatable bonds is 8. The number of hydrogen-bond donors (Lipinski definition) is 0. The van der Waals surface area contributed by atoms with Crippen molar-refractivity contribution >= 4 is 25.8 Å². The molecule has 0 fully saturated rings. The summed E-state index contributed by atoms with van der Waals surface area (Å²) in [5.41, 5.74) is 0. The van der Waals surface area contributed by atoms with Crippen LogP contribution in [0.25, 0.3) is 0 Å². The van der Waals surface area contributed by atoms with Gasteiger partial charge in [-0.2, -0.15) is 0 Å². The molecule has 0 heterocycles. The third-order valence-electron chi connectivity index (χ3n) is 2.45. The van der Waals surface area contributed by atoms with Crippen molar-refractivity contribution in [2.45, 2.75) is 25.7 Å². The fraction of sp³-hybridized carbons (Fsp3) is 0.538. The normalized spacial score (nSPS) is 11.8. The summed E-state index contributed by atoms with van der Waals surface area (Å²) in [7, 11) is -2.72. The molecule has 0 radical (unpaired) electrons. The van der Waals surface area contributed by atoms with Gasteiger partial charge in [0, 0.05) is 29.9 Å². The van der Waals surface area contributed by atoms with Gasteiger partial charge in [0.05, 0.1) is 0 Å². The Balaban J connectivity index is 3.04. The van der Waals surface area contributed by atoms with Gasteiger partial charge in [-0.1, -0.05) is 12.1 Å². The van der Waals surface area contributed by atoms with Crippen LogP contribution in [0.15, 0.2) is 29.2 Å². The van der Waals surface area contributed by atoms with Gasteiger partial charge < -0.3 is 13.3 Å². The molecule has 102 valence electrons. The molecular formula is C13H22O3SSi. The first-order valence-electron chi connectivity index (χ1n) is 6.28. The van der Waals surface area contributed by atoms with E-state index in [2.05, 4.69) is 30.5 Å². The van der Waals surface area contributed by atoms with E-state index in [-0.39, 0.29) is 0 Å². The maximum Gasteiger partial charge on any atom is 0.537 e. The molecule has 0 unspecified atom stereocenters. The smallest absolute Gasteiger partial charge is 0.370 e. The Bertz CT molecular complexity index is 326. The average molecular weight is 286 g/mol. The van der Waals surface area contributed by atoms with Gasteiger partial charge >= 0.3 is 8.80 Å². The summed E-state index contributed by atoms with van der Waals surface area (Å²) in [6.07, 6.45) is 2.06. The van der Waals surface area contributed by atoms with E-state index in [1.807, 2.05) is 20.8 Å². The summed E-state index contributed by atoms with van der Waals surface area (Å²) in [6.45, 7) is 7.69. The summed E-state index contributed by atoms with van der Waals surface area (Å²) >= 11 is 1.72. The summed E-state index contributed by atoms with van der Waals surface area (Å²) in [5, 5.41) is 1.03. The van der Waals surface area contributed by atoms with E-state index >= 15 is 0 Å². The van der Waals surface area contributed by atoms with E-state index in [1.54, 1.807) is 11.8 Å². The Kier molecular flexibility index (Phi) is 6.96. The van der Waals surface area contributed by atoms with Crippen molar-refractivity contribution < 1.29 is 13.3 Å². The second kappa shape index (κ2) is 7.96. The molecule has 0 aromatic heterocycles. The average Bonchev–Trinajstić information content (AvgIpc) is 2.39. The minimum absolute atomic E-state index is 0.594. The molecular weight excluding hydrogens is 264 g/mol. The number of thioether (sulfide) groups is 1. The topological polar surface area (TPSA) is 27.7 Å². The lowest BCUT2D eigenvalue weighted by Crippen LogP contribution is -2.56. The van der Waals surface area contributed by atoms with Gasteiger partial charge in [-0.25, -0.2) is 0 Å². The standard InChI is InChI=1S/C13H22O3SSi/c1-5-14-18(15-6-2,16-7-3)13-10-8-12(17-4)9-11-13/h8-11H,5-7H2,1-4H3. The van der Waals surface area contributed by atoms with Gasteiger partial charge in [-0.05, 0) is 39.2 Å². The molecule has 0 saturated heterocycles. The second-order valence-corrected chi connectivity index (χ2v) is 7.02. The van der Waals surface area contributed by atoms with Crippen LogP contribution in [0.2, 0.25) is 0 Å². The summed E-state index contributed by atoms with van der Waals surface area (Å²) in [6, 6.07) is 8.27. The van der Waals surface area contributed by atoms with Crippen molar-refractivity contribution in [3.8, 4) is 0 Å². The molecule has 0 N–H and O–H groups in total. The maximum atomic E-state index is 5.86. The molecule has 0 atom stereocenters. The monoisotopic (exact) mass is 286 g/mol. The van der Waals surface area contributed by atoms with Crippen molar-refractivity contribution in [1.29, 1.82) is 0 Å². The molecule has 0 spiro atoms. The molecule has 3 nitrogen and oxygen atoms in total. The van der Waals surface area contributed by atoms with Crippen molar-refractivity contribution in [2.75, 3.05) is 26.1 Å². The SMILES string of the molecule is CCO[Si](OCC)(OCC)c1ccc(SC)cc1. The lowest BCUT2D eigenvalue weighted by molar-refractivity contribution is 0.0859. The Hall–Kier alpha value is -0.333. The van der Waals surface area contributed by atoms with Crippen LogP contribution in [-0.2, 0) is 13.3 Å². The predicted octanol–water partition coefficient (Wildman–Crippen LogP) is 2.66. The van der Waals surface area contributed by atoms with E-state index < -0.39 is 8.80 Å². The lowest BCUT2D eigenvalue weighted by Gasteiger charge is -2.28. The first-order chi connectivity index (χ1) is 8.72. The summed E-state index contributed by atoms with van der Waals surface area (Å²) in [4.78, 5) is 1.23. The van der Waals surface area contributed by atoms with Crippen LogP contribution in [-0.4, -0.2) is 34.9 Å². The largest absolute Gasteiger partial charge is 0.537 e. The van der Waals surface area contributed by atoms with E-state index in [9.17, 15) is 0 Å². The van der Waals surface area contributed by atoms with Crippen LogP contribution < -0.4 is 5.19 Å². The molecule has 5 heteroatoms. The third kappa shape index (κ3) is 3.83. The van der Waals surface area contributed by atoms with Crippen molar-refractivity contribution in [2.24, 2.45) is 0 Å². The zero-order valence-electron chi connectivity index (χ0n) is 11.6. The number of hydrogen-bond acceptors (Lipinski definition) is 4. The van der Waals surface area contributed by atoms with E-state index in [0.717, 1.165) is 5.19 Å². The quantitative estimate of drug-likeness (QED) is 0.542. The highest BCUT2D eigenvalue weighted by atomic mass is 32.2. The van der Waals surface area contributed by atoms with Gasteiger partial charge in [-0.15, -0.1) is 11.8 Å². The van der Waals surface area contributed by atoms with Crippen molar-refractivity contribution in [1.82, 2.24) is 0 Å². The van der Waals surface area contributed by atoms with Crippen molar-refractivity contribution in [3.63, 3.8) is 0 Å². The van der Waals surface area contributed by atoms with Crippen LogP contribution in [0, 0.1) is 0 Å². The lowest BCUT2D eigenvalue weighted by atomic mass is 10.4. The van der Waals surface area contributed by atoms with Crippen LogP contribution in [0.1, 0.15) is 20.8 Å². The minimum Gasteiger partial charge on any atom is -0.370 e. The van der Waals surface area contributed by atoms with Crippen LogP contribution in [0.5, 0.6) is 0 Å². The van der Waals surface area contributed by atoms with Gasteiger partial charge in [-0.3, -0.25) is 0 Å². The van der Waals surface area contributed by atoms with Crippen LogP contribution >= 0.6 is 11.8 Å². The van der Waals surface area contributed by atoms with Gasteiger partial charge in [0.25, 0.3) is 0 Å². The Morgan fingerprint density at radius 1 is 0.889 bits per heavy atom. The summed E-state index contributed by atoms with van der Waals surface area (Å²) in [5.74, 6) is 0. The van der Waals surface area contributed by atoms with E-state index in [0.29, 0.717) is 19.8 Å². The molecule has 1 aromatic rings. The van der Waals surface area contributed by atoms with E-state index in [4.69, 9.17) is 13.3 Å². The molecule has 0 aliphatic carbocycles. The zero-order chi connectivity index (χ0) is 13.4. The van der Waals surface area contributed by atoms with Crippen molar-refractivity contribution in [3.05, 3.63) is 24.3 Å². The fourth-order valence-electron chi connectivity index (χ4n) is 1.74. The maximum absolute atomic E-state index is 5.86. The second-order valence-electron chi connectivity index (χ2n) is 3.58. The Morgan fingerprint density at radius 2 is 1.33 bits per heavy atom. The highest BCUT2D eigenvalue weighted by molar-refractivity contribution is 7.98. The predicted molar refractivity (Wildman–Crippen MR) is 78.5 cm³/mol. The Morgan fingerprint density at radius 3 is 1.67 bits per heavy atom. The molecule has 1 rings (SSSR count). The molecule has 18 heavy (non-hydrogen) atoms. The highest BCUT2D eigenvalue weighted by Crippen LogP contribution is 2.16. The number of benzene rings is 1. The fourth-order valence-corrected chi connectivity index (χ4v) is 4.61. The van der Waals surface area contributed by atoms with Crippen LogP contribution in [0.4, 0.5) is 0 Å². The van der Waals surface area contributed by atoms with Gasteiger partial charge in [0.2, 0.25) is 0 Å². The molecule has 0 amide bonds. The molecule has 0 aliphatic heterocycles. The van der Waals surface area contributed by atoms with Crippen LogP contribution in [0.3, 0.4) is 0 Å². The van der Waals surface area contributed by atoms with Gasteiger partial charge in [0.15, 0.2) is 0 Å². The van der Waals surface area contributed by atoms with E-state index in [1.165, 1.54) is 4.90 Å². The molecule has 0 aliphatic rings. The molecule has 1 aromatic carbocycles. The summed E-state index contributed by atoms with van der Waals surface area (Å²) < 4.78 is 17.6. The Labute approximate surface area is 115 Å². The third-order valence-corrected chi connectivity index (χ3v) is 6.24. The molecule has 0 bridgehead atoms. The first kappa shape index (κ1) is 15.7. The zero-order valence-corrected chi connectivity index (χ0v) is 13.4. The first-order valence-corrected chi connectivity index (χ1v) is 9.23.